The highest BCUT2D eigenvalue weighted by Gasteiger charge is 2.66. The molecule has 2 bridgehead atoms. The Morgan fingerprint density at radius 3 is 2.24 bits per heavy atom. The van der Waals surface area contributed by atoms with Gasteiger partial charge in [0.25, 0.3) is 5.91 Å². The molecule has 1 aromatic carbocycles. The summed E-state index contributed by atoms with van der Waals surface area (Å²) in [6.07, 6.45) is 6.49. The molecule has 1 aliphatic heterocycles. The lowest BCUT2D eigenvalue weighted by Gasteiger charge is -2.37. The lowest BCUT2D eigenvalue weighted by atomic mass is 9.86. The lowest BCUT2D eigenvalue weighted by Crippen LogP contribution is -2.52. The second kappa shape index (κ2) is 5.58. The maximum atomic E-state index is 13.1. The van der Waals surface area contributed by atoms with Gasteiger partial charge in [-0.25, -0.2) is 0 Å². The van der Waals surface area contributed by atoms with Crippen LogP contribution in [-0.4, -0.2) is 47.8 Å². The highest BCUT2D eigenvalue weighted by atomic mass is 16.2. The van der Waals surface area contributed by atoms with Crippen LogP contribution in [0, 0.1) is 23.2 Å². The normalized spacial score (nSPS) is 32.2. The van der Waals surface area contributed by atoms with Crippen LogP contribution in [0.3, 0.4) is 0 Å². The van der Waals surface area contributed by atoms with Crippen molar-refractivity contribution in [1.29, 1.82) is 0 Å². The molecule has 2 amide bonds. The summed E-state index contributed by atoms with van der Waals surface area (Å²) in [6.45, 7) is 2.70. The summed E-state index contributed by atoms with van der Waals surface area (Å²) in [5, 5.41) is 0. The average molecular weight is 338 g/mol. The van der Waals surface area contributed by atoms with Crippen LogP contribution in [0.5, 0.6) is 0 Å². The van der Waals surface area contributed by atoms with Crippen LogP contribution in [0.25, 0.3) is 0 Å². The van der Waals surface area contributed by atoms with E-state index in [-0.39, 0.29) is 11.8 Å². The van der Waals surface area contributed by atoms with Crippen LogP contribution in [0.1, 0.15) is 42.5 Å². The van der Waals surface area contributed by atoms with Crippen molar-refractivity contribution in [2.24, 2.45) is 23.2 Å². The topological polar surface area (TPSA) is 40.6 Å². The Balaban J connectivity index is 1.21. The van der Waals surface area contributed by atoms with Gasteiger partial charge in [0.2, 0.25) is 5.91 Å². The first-order chi connectivity index (χ1) is 12.2. The van der Waals surface area contributed by atoms with Gasteiger partial charge in [0.15, 0.2) is 0 Å². The maximum absolute atomic E-state index is 13.1. The number of nitrogens with zero attached hydrogens (tertiary/aromatic N) is 2. The monoisotopic (exact) mass is 338 g/mol. The Morgan fingerprint density at radius 2 is 1.60 bits per heavy atom. The van der Waals surface area contributed by atoms with Crippen LogP contribution in [0.4, 0.5) is 0 Å². The van der Waals surface area contributed by atoms with Gasteiger partial charge in [0, 0.05) is 37.7 Å². The molecule has 3 aliphatic carbocycles. The average Bonchev–Trinajstić information content (AvgIpc) is 3.34. The van der Waals surface area contributed by atoms with E-state index in [2.05, 4.69) is 0 Å². The minimum atomic E-state index is 0.0876. The molecular formula is C21H26N2O2. The molecule has 1 heterocycles. The van der Waals surface area contributed by atoms with Crippen molar-refractivity contribution in [2.45, 2.75) is 32.1 Å². The number of benzene rings is 1. The van der Waals surface area contributed by atoms with E-state index in [1.54, 1.807) is 0 Å². The molecule has 25 heavy (non-hydrogen) atoms. The van der Waals surface area contributed by atoms with Gasteiger partial charge in [-0.15, -0.1) is 0 Å². The standard InChI is InChI=1S/C21H26N2O2/c24-19(15-4-2-1-3-5-15)22-10-12-23(13-11-22)20(25)17-14-16-6-7-18(17)21(16)8-9-21/h1-5,16-18H,6-14H2/t16-,17+,18+/m0/s1. The lowest BCUT2D eigenvalue weighted by molar-refractivity contribution is -0.139. The van der Waals surface area contributed by atoms with E-state index in [9.17, 15) is 9.59 Å². The summed E-state index contributed by atoms with van der Waals surface area (Å²) in [4.78, 5) is 29.6. The van der Waals surface area contributed by atoms with E-state index in [0.717, 1.165) is 17.9 Å². The molecular weight excluding hydrogens is 312 g/mol. The minimum absolute atomic E-state index is 0.0876. The molecule has 4 heteroatoms. The second-order valence-electron chi connectivity index (χ2n) is 8.44. The van der Waals surface area contributed by atoms with Crippen LogP contribution in [0.2, 0.25) is 0 Å². The van der Waals surface area contributed by atoms with Crippen molar-refractivity contribution < 1.29 is 9.59 Å². The quantitative estimate of drug-likeness (QED) is 0.832. The van der Waals surface area contributed by atoms with E-state index >= 15 is 0 Å². The van der Waals surface area contributed by atoms with Gasteiger partial charge in [0.05, 0.1) is 0 Å². The smallest absolute Gasteiger partial charge is 0.253 e. The van der Waals surface area contributed by atoms with Crippen molar-refractivity contribution >= 4 is 11.8 Å². The van der Waals surface area contributed by atoms with Crippen molar-refractivity contribution in [3.8, 4) is 0 Å². The Labute approximate surface area is 149 Å². The number of amides is 2. The zero-order valence-corrected chi connectivity index (χ0v) is 14.7. The summed E-state index contributed by atoms with van der Waals surface area (Å²) in [5.74, 6) is 2.23. The molecule has 3 atom stereocenters. The highest BCUT2D eigenvalue weighted by molar-refractivity contribution is 5.94. The molecule has 0 aromatic heterocycles. The van der Waals surface area contributed by atoms with Gasteiger partial charge >= 0.3 is 0 Å². The number of hydrogen-bond acceptors (Lipinski definition) is 2. The third kappa shape index (κ3) is 2.33. The Bertz CT molecular complexity index is 689. The largest absolute Gasteiger partial charge is 0.339 e. The molecule has 1 aromatic rings. The molecule has 0 N–H and O–H groups in total. The summed E-state index contributed by atoms with van der Waals surface area (Å²) >= 11 is 0. The predicted molar refractivity (Wildman–Crippen MR) is 94.9 cm³/mol. The SMILES string of the molecule is O=C(c1ccccc1)N1CCN(C(=O)[C@@H]2C[C@@H]3CC[C@H]2C32CC2)CC1. The first-order valence-corrected chi connectivity index (χ1v) is 9.82. The van der Waals surface area contributed by atoms with E-state index in [1.807, 2.05) is 40.1 Å². The third-order valence-electron chi connectivity index (χ3n) is 7.45. The van der Waals surface area contributed by atoms with E-state index in [4.69, 9.17) is 0 Å². The van der Waals surface area contributed by atoms with Crippen LogP contribution >= 0.6 is 0 Å². The van der Waals surface area contributed by atoms with Crippen molar-refractivity contribution in [3.05, 3.63) is 35.9 Å². The van der Waals surface area contributed by atoms with Crippen LogP contribution in [-0.2, 0) is 4.79 Å². The zero-order valence-electron chi connectivity index (χ0n) is 14.7. The third-order valence-corrected chi connectivity index (χ3v) is 7.45. The number of carbonyl (C=O) groups is 2. The van der Waals surface area contributed by atoms with E-state index < -0.39 is 0 Å². The second-order valence-corrected chi connectivity index (χ2v) is 8.44. The van der Waals surface area contributed by atoms with Gasteiger partial charge in [-0.3, -0.25) is 9.59 Å². The molecule has 4 fully saturated rings. The number of carbonyl (C=O) groups excluding carboxylic acids is 2. The Hall–Kier alpha value is -1.84. The van der Waals surface area contributed by atoms with Gasteiger partial charge in [-0.1, -0.05) is 18.2 Å². The molecule has 0 unspecified atom stereocenters. The summed E-state index contributed by atoms with van der Waals surface area (Å²) < 4.78 is 0. The summed E-state index contributed by atoms with van der Waals surface area (Å²) in [7, 11) is 0. The van der Waals surface area contributed by atoms with Crippen LogP contribution < -0.4 is 0 Å². The minimum Gasteiger partial charge on any atom is -0.339 e. The van der Waals surface area contributed by atoms with Crippen molar-refractivity contribution in [1.82, 2.24) is 9.80 Å². The predicted octanol–water partition coefficient (Wildman–Crippen LogP) is 2.80. The summed E-state index contributed by atoms with van der Waals surface area (Å²) in [6, 6.07) is 9.45. The fraction of sp³-hybridized carbons (Fsp3) is 0.619. The number of hydrogen-bond donors (Lipinski definition) is 0. The van der Waals surface area contributed by atoms with Gasteiger partial charge in [-0.2, -0.15) is 0 Å². The first-order valence-electron chi connectivity index (χ1n) is 9.82. The maximum Gasteiger partial charge on any atom is 0.253 e. The molecule has 1 spiro atoms. The van der Waals surface area contributed by atoms with Crippen molar-refractivity contribution in [3.63, 3.8) is 0 Å². The van der Waals surface area contributed by atoms with Gasteiger partial charge in [0.1, 0.15) is 0 Å². The Morgan fingerprint density at radius 1 is 0.920 bits per heavy atom. The molecule has 4 nitrogen and oxygen atoms in total. The molecule has 132 valence electrons. The van der Waals surface area contributed by atoms with Gasteiger partial charge in [-0.05, 0) is 61.5 Å². The molecule has 5 rings (SSSR count). The van der Waals surface area contributed by atoms with Crippen molar-refractivity contribution in [2.75, 3.05) is 26.2 Å². The number of piperazine rings is 1. The summed E-state index contributed by atoms with van der Waals surface area (Å²) in [5.41, 5.74) is 1.32. The highest BCUT2D eigenvalue weighted by Crippen LogP contribution is 2.72. The number of rotatable bonds is 2. The van der Waals surface area contributed by atoms with Gasteiger partial charge < -0.3 is 9.80 Å². The molecule has 0 radical (unpaired) electrons. The fourth-order valence-corrected chi connectivity index (χ4v) is 6.01. The fourth-order valence-electron chi connectivity index (χ4n) is 6.01. The molecule has 3 saturated carbocycles. The Kier molecular flexibility index (Phi) is 3.44. The molecule has 1 saturated heterocycles. The van der Waals surface area contributed by atoms with E-state index in [0.29, 0.717) is 43.4 Å². The van der Waals surface area contributed by atoms with E-state index in [1.165, 1.54) is 25.7 Å². The first kappa shape index (κ1) is 15.4. The zero-order chi connectivity index (χ0) is 17.0. The molecule has 4 aliphatic rings. The van der Waals surface area contributed by atoms with Crippen LogP contribution in [0.15, 0.2) is 30.3 Å².